The molecule has 1 N–H and O–H groups in total. The van der Waals surface area contributed by atoms with E-state index >= 15 is 0 Å². The molecule has 0 bridgehead atoms. The molecule has 0 amide bonds. The van der Waals surface area contributed by atoms with Crippen LogP contribution in [-0.2, 0) is 4.74 Å². The minimum absolute atomic E-state index is 0.884. The maximum Gasteiger partial charge on any atom is 0.0876 e. The van der Waals surface area contributed by atoms with Crippen LogP contribution >= 0.6 is 0 Å². The van der Waals surface area contributed by atoms with Crippen molar-refractivity contribution in [2.24, 2.45) is 0 Å². The van der Waals surface area contributed by atoms with E-state index in [-0.39, 0.29) is 0 Å². The lowest BCUT2D eigenvalue weighted by molar-refractivity contribution is 0.227. The van der Waals surface area contributed by atoms with E-state index in [0.717, 1.165) is 39.0 Å². The lowest BCUT2D eigenvalue weighted by Gasteiger charge is -2.09. The molecule has 0 saturated carbocycles. The number of allylic oxidation sites excluding steroid dienone is 2. The van der Waals surface area contributed by atoms with Gasteiger partial charge in [-0.1, -0.05) is 19.1 Å². The summed E-state index contributed by atoms with van der Waals surface area (Å²) in [4.78, 5) is 0. The largest absolute Gasteiger partial charge is 0.501 e. The van der Waals surface area contributed by atoms with Crippen molar-refractivity contribution in [2.45, 2.75) is 26.2 Å². The van der Waals surface area contributed by atoms with Crippen molar-refractivity contribution >= 4 is 0 Å². The molecule has 0 aromatic rings. The highest BCUT2D eigenvalue weighted by Gasteiger charge is 1.99. The van der Waals surface area contributed by atoms with E-state index in [1.54, 1.807) is 0 Å². The van der Waals surface area contributed by atoms with Gasteiger partial charge in [-0.05, 0) is 37.9 Å². The van der Waals surface area contributed by atoms with Gasteiger partial charge in [-0.25, -0.2) is 0 Å². The molecule has 1 heterocycles. The van der Waals surface area contributed by atoms with Crippen LogP contribution in [0.3, 0.4) is 0 Å². The van der Waals surface area contributed by atoms with Crippen LogP contribution < -0.4 is 5.32 Å². The number of ether oxygens (including phenoxy) is 1. The Kier molecular flexibility index (Phi) is 5.34. The van der Waals surface area contributed by atoms with E-state index in [2.05, 4.69) is 24.4 Å². The van der Waals surface area contributed by atoms with Crippen LogP contribution in [-0.4, -0.2) is 19.7 Å². The number of rotatable bonds is 5. The van der Waals surface area contributed by atoms with Gasteiger partial charge in [0.15, 0.2) is 0 Å². The minimum atomic E-state index is 0.884. The summed E-state index contributed by atoms with van der Waals surface area (Å²) in [6, 6.07) is 0. The highest BCUT2D eigenvalue weighted by molar-refractivity contribution is 5.17. The summed E-state index contributed by atoms with van der Waals surface area (Å²) in [6.45, 7) is 5.14. The Morgan fingerprint density at radius 2 is 2.54 bits per heavy atom. The van der Waals surface area contributed by atoms with Gasteiger partial charge in [0.05, 0.1) is 12.9 Å². The lowest BCUT2D eigenvalue weighted by atomic mass is 10.1. The maximum atomic E-state index is 5.23. The Labute approximate surface area is 80.7 Å². The molecule has 0 unspecified atom stereocenters. The zero-order chi connectivity index (χ0) is 9.36. The molecule has 1 aliphatic rings. The van der Waals surface area contributed by atoms with E-state index in [1.807, 2.05) is 6.26 Å². The van der Waals surface area contributed by atoms with Gasteiger partial charge < -0.3 is 10.1 Å². The van der Waals surface area contributed by atoms with Crippen molar-refractivity contribution in [3.05, 3.63) is 24.0 Å². The molecule has 0 aliphatic carbocycles. The maximum absolute atomic E-state index is 5.23. The minimum Gasteiger partial charge on any atom is -0.501 e. The smallest absolute Gasteiger partial charge is 0.0876 e. The molecule has 0 saturated heterocycles. The summed E-state index contributed by atoms with van der Waals surface area (Å²) in [5, 5.41) is 3.28. The third kappa shape index (κ3) is 4.73. The van der Waals surface area contributed by atoms with Crippen LogP contribution in [0.5, 0.6) is 0 Å². The predicted molar refractivity (Wildman–Crippen MR) is 55.6 cm³/mol. The second kappa shape index (κ2) is 6.72. The monoisotopic (exact) mass is 181 g/mol. The van der Waals surface area contributed by atoms with Gasteiger partial charge in [0.1, 0.15) is 0 Å². The third-order valence-electron chi connectivity index (χ3n) is 2.03. The second-order valence-corrected chi connectivity index (χ2v) is 3.21. The lowest BCUT2D eigenvalue weighted by Crippen LogP contribution is -2.12. The van der Waals surface area contributed by atoms with E-state index in [9.17, 15) is 0 Å². The van der Waals surface area contributed by atoms with Crippen molar-refractivity contribution in [1.29, 1.82) is 0 Å². The highest BCUT2D eigenvalue weighted by atomic mass is 16.5. The molecule has 0 aromatic carbocycles. The van der Waals surface area contributed by atoms with E-state index in [1.165, 1.54) is 5.57 Å². The average Bonchev–Trinajstić information content (AvgIpc) is 2.19. The second-order valence-electron chi connectivity index (χ2n) is 3.21. The zero-order valence-electron chi connectivity index (χ0n) is 8.38. The standard InChI is InChI=1S/C11H19NO/c1-2-12-8-4-3-6-11-7-5-9-13-10-11/h3,6,10,12H,2,4-5,7-9H2,1H3/b6-3+. The van der Waals surface area contributed by atoms with Crippen molar-refractivity contribution in [3.8, 4) is 0 Å². The predicted octanol–water partition coefficient (Wildman–Crippen LogP) is 2.24. The van der Waals surface area contributed by atoms with Crippen molar-refractivity contribution in [3.63, 3.8) is 0 Å². The summed E-state index contributed by atoms with van der Waals surface area (Å²) < 4.78 is 5.23. The molecule has 0 atom stereocenters. The highest BCUT2D eigenvalue weighted by Crippen LogP contribution is 2.12. The average molecular weight is 181 g/mol. The number of hydrogen-bond donors (Lipinski definition) is 1. The number of hydrogen-bond acceptors (Lipinski definition) is 2. The topological polar surface area (TPSA) is 21.3 Å². The van der Waals surface area contributed by atoms with Crippen molar-refractivity contribution < 1.29 is 4.74 Å². The van der Waals surface area contributed by atoms with Gasteiger partial charge >= 0.3 is 0 Å². The molecule has 13 heavy (non-hydrogen) atoms. The molecule has 1 rings (SSSR count). The Bertz CT molecular complexity index is 185. The first-order chi connectivity index (χ1) is 6.43. The summed E-state index contributed by atoms with van der Waals surface area (Å²) >= 11 is 0. The Morgan fingerprint density at radius 1 is 1.62 bits per heavy atom. The molecule has 2 nitrogen and oxygen atoms in total. The van der Waals surface area contributed by atoms with E-state index in [0.29, 0.717) is 0 Å². The first kappa shape index (κ1) is 10.3. The Morgan fingerprint density at radius 3 is 3.23 bits per heavy atom. The molecule has 0 radical (unpaired) electrons. The molecule has 2 heteroatoms. The van der Waals surface area contributed by atoms with E-state index < -0.39 is 0 Å². The molecule has 74 valence electrons. The van der Waals surface area contributed by atoms with Gasteiger partial charge in [0.2, 0.25) is 0 Å². The molecule has 0 spiro atoms. The summed E-state index contributed by atoms with van der Waals surface area (Å²) in [7, 11) is 0. The van der Waals surface area contributed by atoms with Gasteiger partial charge in [-0.15, -0.1) is 0 Å². The van der Waals surface area contributed by atoms with Crippen molar-refractivity contribution in [2.75, 3.05) is 19.7 Å². The van der Waals surface area contributed by atoms with Crippen LogP contribution in [0.15, 0.2) is 24.0 Å². The van der Waals surface area contributed by atoms with Crippen LogP contribution in [0.1, 0.15) is 26.2 Å². The van der Waals surface area contributed by atoms with Gasteiger partial charge in [-0.3, -0.25) is 0 Å². The SMILES string of the molecule is CCNCC/C=C/C1=COCCC1. The first-order valence-corrected chi connectivity index (χ1v) is 5.11. The van der Waals surface area contributed by atoms with Crippen LogP contribution in [0.25, 0.3) is 0 Å². The van der Waals surface area contributed by atoms with Gasteiger partial charge in [0, 0.05) is 0 Å². The normalized spacial score (nSPS) is 17.2. The fourth-order valence-corrected chi connectivity index (χ4v) is 1.30. The van der Waals surface area contributed by atoms with Gasteiger partial charge in [-0.2, -0.15) is 0 Å². The fourth-order valence-electron chi connectivity index (χ4n) is 1.30. The van der Waals surface area contributed by atoms with Gasteiger partial charge in [0.25, 0.3) is 0 Å². The van der Waals surface area contributed by atoms with Crippen LogP contribution in [0.2, 0.25) is 0 Å². The molecule has 0 fully saturated rings. The zero-order valence-corrected chi connectivity index (χ0v) is 8.38. The summed E-state index contributed by atoms with van der Waals surface area (Å²) in [5.41, 5.74) is 1.32. The van der Waals surface area contributed by atoms with Crippen molar-refractivity contribution in [1.82, 2.24) is 5.32 Å². The molecule has 0 aromatic heterocycles. The summed E-state index contributed by atoms with van der Waals surface area (Å²) in [5.74, 6) is 0. The molecular weight excluding hydrogens is 162 g/mol. The third-order valence-corrected chi connectivity index (χ3v) is 2.03. The number of nitrogens with one attached hydrogen (secondary N) is 1. The fraction of sp³-hybridized carbons (Fsp3) is 0.636. The molecule has 1 aliphatic heterocycles. The quantitative estimate of drug-likeness (QED) is 0.657. The Balaban J connectivity index is 2.11. The van der Waals surface area contributed by atoms with Crippen LogP contribution in [0.4, 0.5) is 0 Å². The summed E-state index contributed by atoms with van der Waals surface area (Å²) in [6.07, 6.45) is 9.69. The van der Waals surface area contributed by atoms with E-state index in [4.69, 9.17) is 4.74 Å². The van der Waals surface area contributed by atoms with Crippen LogP contribution in [0, 0.1) is 0 Å². The molecular formula is C11H19NO. The first-order valence-electron chi connectivity index (χ1n) is 5.11. The Hall–Kier alpha value is -0.760.